The van der Waals surface area contributed by atoms with E-state index >= 15 is 0 Å². The van der Waals surface area contributed by atoms with E-state index < -0.39 is 25.8 Å². The van der Waals surface area contributed by atoms with E-state index in [9.17, 15) is 21.6 Å². The van der Waals surface area contributed by atoms with Crippen LogP contribution in [0.2, 0.25) is 0 Å². The van der Waals surface area contributed by atoms with Crippen LogP contribution in [-0.4, -0.2) is 40.8 Å². The summed E-state index contributed by atoms with van der Waals surface area (Å²) in [6.45, 7) is 3.12. The van der Waals surface area contributed by atoms with Crippen LogP contribution < -0.4 is 10.5 Å². The maximum absolute atomic E-state index is 11.9. The van der Waals surface area contributed by atoms with E-state index in [4.69, 9.17) is 5.14 Å². The molecule has 3 N–H and O–H groups in total. The van der Waals surface area contributed by atoms with Crippen LogP contribution >= 0.6 is 0 Å². The fourth-order valence-electron chi connectivity index (χ4n) is 1.63. The summed E-state index contributed by atoms with van der Waals surface area (Å²) < 4.78 is 45.0. The van der Waals surface area contributed by atoms with Crippen LogP contribution in [0, 0.1) is 6.92 Å². The quantitative estimate of drug-likeness (QED) is 0.746. The number of rotatable bonds is 6. The van der Waals surface area contributed by atoms with Crippen molar-refractivity contribution in [3.63, 3.8) is 0 Å². The van der Waals surface area contributed by atoms with Crippen LogP contribution in [-0.2, 0) is 19.9 Å². The number of benzene rings is 1. The number of sulfonamides is 1. The van der Waals surface area contributed by atoms with Crippen molar-refractivity contribution in [2.75, 3.05) is 18.1 Å². The van der Waals surface area contributed by atoms with Crippen molar-refractivity contribution in [1.82, 2.24) is 5.32 Å². The lowest BCUT2D eigenvalue weighted by atomic mass is 10.1. The number of nitrogens with one attached hydrogen (secondary N) is 1. The molecule has 0 heterocycles. The molecule has 118 valence electrons. The van der Waals surface area contributed by atoms with Gasteiger partial charge in [0.05, 0.1) is 10.6 Å². The first-order chi connectivity index (χ1) is 9.57. The molecular formula is C12H18N2O5S2. The molecule has 1 aromatic rings. The van der Waals surface area contributed by atoms with Gasteiger partial charge in [0.15, 0.2) is 9.84 Å². The second-order valence-electron chi connectivity index (χ2n) is 4.51. The van der Waals surface area contributed by atoms with Gasteiger partial charge in [-0.3, -0.25) is 4.79 Å². The lowest BCUT2D eigenvalue weighted by molar-refractivity contribution is 0.0955. The first-order valence-electron chi connectivity index (χ1n) is 6.19. The van der Waals surface area contributed by atoms with Gasteiger partial charge in [-0.05, 0) is 30.7 Å². The zero-order valence-corrected chi connectivity index (χ0v) is 13.4. The maximum Gasteiger partial charge on any atom is 0.251 e. The largest absolute Gasteiger partial charge is 0.351 e. The fraction of sp³-hybridized carbons (Fsp3) is 0.417. The van der Waals surface area contributed by atoms with E-state index in [2.05, 4.69) is 5.32 Å². The van der Waals surface area contributed by atoms with Crippen molar-refractivity contribution in [3.8, 4) is 0 Å². The Labute approximate surface area is 124 Å². The highest BCUT2D eigenvalue weighted by Gasteiger charge is 2.14. The standard InChI is InChI=1S/C12H18N2O5S2/c1-3-20(16,17)7-6-14-12(15)11-5-4-10(8-9(11)2)21(13,18)19/h4-5,8H,3,6-7H2,1-2H3,(H,14,15)(H2,13,18,19). The van der Waals surface area contributed by atoms with E-state index in [1.807, 2.05) is 0 Å². The molecule has 0 radical (unpaired) electrons. The monoisotopic (exact) mass is 334 g/mol. The average molecular weight is 334 g/mol. The van der Waals surface area contributed by atoms with E-state index in [1.165, 1.54) is 25.1 Å². The lowest BCUT2D eigenvalue weighted by Gasteiger charge is -2.09. The number of hydrogen-bond donors (Lipinski definition) is 2. The molecule has 0 unspecified atom stereocenters. The van der Waals surface area contributed by atoms with Gasteiger partial charge in [-0.25, -0.2) is 22.0 Å². The zero-order valence-electron chi connectivity index (χ0n) is 11.8. The molecule has 0 aliphatic carbocycles. The normalized spacial score (nSPS) is 12.1. The molecule has 0 bridgehead atoms. The number of nitrogens with two attached hydrogens (primary N) is 1. The van der Waals surface area contributed by atoms with Gasteiger partial charge >= 0.3 is 0 Å². The van der Waals surface area contributed by atoms with E-state index in [-0.39, 0.29) is 28.5 Å². The summed E-state index contributed by atoms with van der Waals surface area (Å²) in [5.41, 5.74) is 0.716. The lowest BCUT2D eigenvalue weighted by Crippen LogP contribution is -2.30. The van der Waals surface area contributed by atoms with Crippen molar-refractivity contribution in [3.05, 3.63) is 29.3 Å². The molecule has 0 fully saturated rings. The highest BCUT2D eigenvalue weighted by molar-refractivity contribution is 7.91. The molecular weight excluding hydrogens is 316 g/mol. The minimum Gasteiger partial charge on any atom is -0.351 e. The van der Waals surface area contributed by atoms with Crippen molar-refractivity contribution >= 4 is 25.8 Å². The summed E-state index contributed by atoms with van der Waals surface area (Å²) in [6.07, 6.45) is 0. The van der Waals surface area contributed by atoms with Gasteiger partial charge in [0.2, 0.25) is 10.0 Å². The van der Waals surface area contributed by atoms with E-state index in [0.29, 0.717) is 5.56 Å². The number of carbonyl (C=O) groups is 1. The molecule has 0 saturated carbocycles. The van der Waals surface area contributed by atoms with Crippen molar-refractivity contribution in [1.29, 1.82) is 0 Å². The number of carbonyl (C=O) groups excluding carboxylic acids is 1. The van der Waals surface area contributed by atoms with Crippen molar-refractivity contribution < 1.29 is 21.6 Å². The zero-order chi connectivity index (χ0) is 16.3. The average Bonchev–Trinajstić information content (AvgIpc) is 2.37. The Kier molecular flexibility index (Phi) is 5.48. The van der Waals surface area contributed by atoms with Gasteiger partial charge in [-0.2, -0.15) is 0 Å². The van der Waals surface area contributed by atoms with Crippen molar-refractivity contribution in [2.45, 2.75) is 18.7 Å². The summed E-state index contributed by atoms with van der Waals surface area (Å²) in [6, 6.07) is 3.88. The topological polar surface area (TPSA) is 123 Å². The van der Waals surface area contributed by atoms with Gasteiger partial charge in [0, 0.05) is 17.9 Å². The van der Waals surface area contributed by atoms with Crippen LogP contribution in [0.1, 0.15) is 22.8 Å². The number of primary sulfonamides is 1. The smallest absolute Gasteiger partial charge is 0.251 e. The highest BCUT2D eigenvalue weighted by Crippen LogP contribution is 2.14. The number of amides is 1. The molecule has 1 amide bonds. The van der Waals surface area contributed by atoms with Gasteiger partial charge in [0.1, 0.15) is 0 Å². The van der Waals surface area contributed by atoms with Gasteiger partial charge in [-0.1, -0.05) is 6.92 Å². The number of hydrogen-bond acceptors (Lipinski definition) is 5. The SMILES string of the molecule is CCS(=O)(=O)CCNC(=O)c1ccc(S(N)(=O)=O)cc1C. The molecule has 0 aliphatic heterocycles. The third kappa shape index (κ3) is 5.10. The summed E-state index contributed by atoms with van der Waals surface area (Å²) >= 11 is 0. The van der Waals surface area contributed by atoms with Crippen LogP contribution in [0.15, 0.2) is 23.1 Å². The van der Waals surface area contributed by atoms with E-state index in [0.717, 1.165) is 0 Å². The van der Waals surface area contributed by atoms with E-state index in [1.54, 1.807) is 6.92 Å². The van der Waals surface area contributed by atoms with Gasteiger partial charge in [-0.15, -0.1) is 0 Å². The molecule has 9 heteroatoms. The first kappa shape index (κ1) is 17.6. The maximum atomic E-state index is 11.9. The third-order valence-corrected chi connectivity index (χ3v) is 5.53. The van der Waals surface area contributed by atoms with Crippen molar-refractivity contribution in [2.24, 2.45) is 5.14 Å². The Balaban J connectivity index is 2.81. The summed E-state index contributed by atoms with van der Waals surface area (Å²) in [7, 11) is -6.96. The molecule has 21 heavy (non-hydrogen) atoms. The molecule has 0 aromatic heterocycles. The molecule has 1 aromatic carbocycles. The van der Waals surface area contributed by atoms with Gasteiger partial charge in [0.25, 0.3) is 5.91 Å². The molecule has 7 nitrogen and oxygen atoms in total. The molecule has 0 aliphatic rings. The fourth-order valence-corrected chi connectivity index (χ4v) is 2.93. The predicted octanol–water partition coefficient (Wildman–Crippen LogP) is -0.193. The predicted molar refractivity (Wildman–Crippen MR) is 79.2 cm³/mol. The highest BCUT2D eigenvalue weighted by atomic mass is 32.2. The molecule has 1 rings (SSSR count). The Bertz CT molecular complexity index is 739. The number of aryl methyl sites for hydroxylation is 1. The van der Waals surface area contributed by atoms with Crippen LogP contribution in [0.25, 0.3) is 0 Å². The third-order valence-electron chi connectivity index (χ3n) is 2.91. The Hall–Kier alpha value is -1.45. The minimum absolute atomic E-state index is 0.00534. The minimum atomic E-state index is -3.82. The molecule has 0 atom stereocenters. The number of sulfone groups is 1. The van der Waals surface area contributed by atoms with Crippen LogP contribution in [0.5, 0.6) is 0 Å². The summed E-state index contributed by atoms with van der Waals surface area (Å²) in [5.74, 6) is -0.575. The Morgan fingerprint density at radius 2 is 1.86 bits per heavy atom. The molecule has 0 saturated heterocycles. The second-order valence-corrected chi connectivity index (χ2v) is 8.55. The second kappa shape index (κ2) is 6.54. The van der Waals surface area contributed by atoms with Crippen LogP contribution in [0.3, 0.4) is 0 Å². The molecule has 0 spiro atoms. The summed E-state index contributed by atoms with van der Waals surface area (Å²) in [5, 5.41) is 7.49. The van der Waals surface area contributed by atoms with Gasteiger partial charge < -0.3 is 5.32 Å². The summed E-state index contributed by atoms with van der Waals surface area (Å²) in [4.78, 5) is 11.8. The first-order valence-corrected chi connectivity index (χ1v) is 9.55. The Morgan fingerprint density at radius 3 is 2.33 bits per heavy atom. The van der Waals surface area contributed by atoms with Crippen LogP contribution in [0.4, 0.5) is 0 Å². The Morgan fingerprint density at radius 1 is 1.24 bits per heavy atom.